The van der Waals surface area contributed by atoms with Gasteiger partial charge in [0.15, 0.2) is 0 Å². The molecule has 0 unspecified atom stereocenters. The van der Waals surface area contributed by atoms with Crippen LogP contribution in [0.2, 0.25) is 5.02 Å². The Balaban J connectivity index is 2.27. The fourth-order valence-corrected chi connectivity index (χ4v) is 2.76. The summed E-state index contributed by atoms with van der Waals surface area (Å²) < 4.78 is 14.0. The number of carbonyl (C=O) groups is 2. The van der Waals surface area contributed by atoms with Crippen molar-refractivity contribution in [1.82, 2.24) is 10.2 Å². The summed E-state index contributed by atoms with van der Waals surface area (Å²) >= 11 is 6.02. The molecule has 132 valence electrons. The zero-order valence-corrected chi connectivity index (χ0v) is 14.9. The summed E-state index contributed by atoms with van der Waals surface area (Å²) in [7, 11) is 1.51. The van der Waals surface area contributed by atoms with Crippen LogP contribution in [0.15, 0.2) is 48.5 Å². The minimum atomic E-state index is -0.691. The molecule has 0 fully saturated rings. The predicted molar refractivity (Wildman–Crippen MR) is 95.6 cm³/mol. The van der Waals surface area contributed by atoms with Crippen LogP contribution < -0.4 is 5.32 Å². The quantitative estimate of drug-likeness (QED) is 0.858. The van der Waals surface area contributed by atoms with E-state index in [-0.39, 0.29) is 35.4 Å². The van der Waals surface area contributed by atoms with E-state index in [0.717, 1.165) is 5.56 Å². The molecule has 0 aliphatic heterocycles. The van der Waals surface area contributed by atoms with Crippen LogP contribution in [-0.4, -0.2) is 29.8 Å². The number of hydrogen-bond donors (Lipinski definition) is 1. The third-order valence-corrected chi connectivity index (χ3v) is 4.35. The van der Waals surface area contributed by atoms with Crippen LogP contribution in [0, 0.1) is 5.82 Å². The first-order chi connectivity index (χ1) is 11.9. The molecule has 0 aromatic heterocycles. The first-order valence-electron chi connectivity index (χ1n) is 7.92. The average Bonchev–Trinajstić information content (AvgIpc) is 2.62. The highest BCUT2D eigenvalue weighted by Crippen LogP contribution is 2.21. The van der Waals surface area contributed by atoms with E-state index < -0.39 is 11.9 Å². The van der Waals surface area contributed by atoms with Crippen molar-refractivity contribution in [1.29, 1.82) is 0 Å². The SMILES string of the molecule is CNC(=O)[C@H](C)N(Cc1ccccc1)C(=O)Cc1c(F)cccc1Cl. The zero-order chi connectivity index (χ0) is 18.4. The van der Waals surface area contributed by atoms with Gasteiger partial charge in [0.25, 0.3) is 0 Å². The average molecular weight is 363 g/mol. The maximum Gasteiger partial charge on any atom is 0.242 e. The lowest BCUT2D eigenvalue weighted by Gasteiger charge is -2.28. The third-order valence-electron chi connectivity index (χ3n) is 4.00. The van der Waals surface area contributed by atoms with Gasteiger partial charge in [-0.15, -0.1) is 0 Å². The fourth-order valence-electron chi connectivity index (χ4n) is 2.53. The lowest BCUT2D eigenvalue weighted by atomic mass is 10.1. The van der Waals surface area contributed by atoms with Gasteiger partial charge in [-0.3, -0.25) is 9.59 Å². The molecule has 2 amide bonds. The molecule has 0 saturated carbocycles. The van der Waals surface area contributed by atoms with Gasteiger partial charge < -0.3 is 10.2 Å². The predicted octanol–water partition coefficient (Wildman–Crippen LogP) is 3.18. The van der Waals surface area contributed by atoms with Crippen molar-refractivity contribution in [3.63, 3.8) is 0 Å². The first-order valence-corrected chi connectivity index (χ1v) is 8.29. The van der Waals surface area contributed by atoms with Gasteiger partial charge in [-0.05, 0) is 24.6 Å². The van der Waals surface area contributed by atoms with E-state index in [2.05, 4.69) is 5.32 Å². The van der Waals surface area contributed by atoms with Crippen molar-refractivity contribution in [3.8, 4) is 0 Å². The van der Waals surface area contributed by atoms with Gasteiger partial charge in [-0.25, -0.2) is 4.39 Å². The number of likely N-dealkylation sites (N-methyl/N-ethyl adjacent to an activating group) is 1. The minimum absolute atomic E-state index is 0.135. The van der Waals surface area contributed by atoms with Gasteiger partial charge in [-0.1, -0.05) is 48.0 Å². The second-order valence-corrected chi connectivity index (χ2v) is 6.08. The standard InChI is InChI=1S/C19H20ClFN2O2/c1-13(19(25)22-2)23(12-14-7-4-3-5-8-14)18(24)11-15-16(20)9-6-10-17(15)21/h3-10,13H,11-12H2,1-2H3,(H,22,25)/t13-/m0/s1. The van der Waals surface area contributed by atoms with Crippen molar-refractivity contribution >= 4 is 23.4 Å². The molecule has 2 aromatic rings. The molecule has 4 nitrogen and oxygen atoms in total. The van der Waals surface area contributed by atoms with Crippen LogP contribution in [0.4, 0.5) is 4.39 Å². The number of hydrogen-bond acceptors (Lipinski definition) is 2. The summed E-state index contributed by atoms with van der Waals surface area (Å²) in [5.41, 5.74) is 1.02. The van der Waals surface area contributed by atoms with Crippen LogP contribution in [0.25, 0.3) is 0 Å². The molecule has 2 aromatic carbocycles. The Morgan fingerprint density at radius 1 is 1.16 bits per heavy atom. The first kappa shape index (κ1) is 18.9. The largest absolute Gasteiger partial charge is 0.357 e. The maximum atomic E-state index is 14.0. The third kappa shape index (κ3) is 4.79. The van der Waals surface area contributed by atoms with E-state index in [1.807, 2.05) is 30.3 Å². The van der Waals surface area contributed by atoms with Crippen LogP contribution in [-0.2, 0) is 22.6 Å². The van der Waals surface area contributed by atoms with Crippen LogP contribution >= 0.6 is 11.6 Å². The Kier molecular flexibility index (Phi) is 6.53. The lowest BCUT2D eigenvalue weighted by Crippen LogP contribution is -2.47. The smallest absolute Gasteiger partial charge is 0.242 e. The fraction of sp³-hybridized carbons (Fsp3) is 0.263. The summed E-state index contributed by atoms with van der Waals surface area (Å²) in [6, 6.07) is 12.9. The molecule has 0 aliphatic carbocycles. The lowest BCUT2D eigenvalue weighted by molar-refractivity contribution is -0.139. The van der Waals surface area contributed by atoms with Crippen molar-refractivity contribution in [3.05, 3.63) is 70.5 Å². The van der Waals surface area contributed by atoms with Gasteiger partial charge in [0.1, 0.15) is 11.9 Å². The summed E-state index contributed by atoms with van der Waals surface area (Å²) in [5.74, 6) is -1.19. The maximum absolute atomic E-state index is 14.0. The van der Waals surface area contributed by atoms with E-state index in [1.54, 1.807) is 6.92 Å². The number of amides is 2. The van der Waals surface area contributed by atoms with Crippen molar-refractivity contribution in [2.24, 2.45) is 0 Å². The van der Waals surface area contributed by atoms with Crippen LogP contribution in [0.1, 0.15) is 18.1 Å². The molecule has 6 heteroatoms. The molecule has 0 spiro atoms. The highest BCUT2D eigenvalue weighted by Gasteiger charge is 2.26. The second-order valence-electron chi connectivity index (χ2n) is 5.67. The molecule has 2 rings (SSSR count). The normalized spacial score (nSPS) is 11.7. The minimum Gasteiger partial charge on any atom is -0.357 e. The number of nitrogens with one attached hydrogen (secondary N) is 1. The number of carbonyl (C=O) groups excluding carboxylic acids is 2. The molecule has 1 N–H and O–H groups in total. The molecule has 25 heavy (non-hydrogen) atoms. The molecular weight excluding hydrogens is 343 g/mol. The zero-order valence-electron chi connectivity index (χ0n) is 14.1. The summed E-state index contributed by atoms with van der Waals surface area (Å²) in [6.45, 7) is 1.89. The van der Waals surface area contributed by atoms with E-state index in [4.69, 9.17) is 11.6 Å². The number of benzene rings is 2. The molecule has 0 radical (unpaired) electrons. The van der Waals surface area contributed by atoms with E-state index in [9.17, 15) is 14.0 Å². The summed E-state index contributed by atoms with van der Waals surface area (Å²) in [4.78, 5) is 26.3. The van der Waals surface area contributed by atoms with Gasteiger partial charge in [0.2, 0.25) is 11.8 Å². The number of rotatable bonds is 6. The Hall–Kier alpha value is -2.40. The highest BCUT2D eigenvalue weighted by molar-refractivity contribution is 6.31. The van der Waals surface area contributed by atoms with E-state index in [1.165, 1.54) is 30.1 Å². The van der Waals surface area contributed by atoms with Crippen molar-refractivity contribution < 1.29 is 14.0 Å². The van der Waals surface area contributed by atoms with Crippen LogP contribution in [0.3, 0.4) is 0 Å². The molecule has 0 heterocycles. The Bertz CT molecular complexity index is 732. The summed E-state index contributed by atoms with van der Waals surface area (Å²) in [6.07, 6.45) is -0.209. The number of halogens is 2. The molecule has 0 bridgehead atoms. The van der Waals surface area contributed by atoms with Gasteiger partial charge in [-0.2, -0.15) is 0 Å². The Labute approximate surface area is 151 Å². The van der Waals surface area contributed by atoms with Crippen molar-refractivity contribution in [2.45, 2.75) is 25.9 Å². The Morgan fingerprint density at radius 3 is 2.44 bits per heavy atom. The van der Waals surface area contributed by atoms with Gasteiger partial charge in [0.05, 0.1) is 6.42 Å². The van der Waals surface area contributed by atoms with Crippen LogP contribution in [0.5, 0.6) is 0 Å². The molecule has 1 atom stereocenters. The molecule has 0 aliphatic rings. The second kappa shape index (κ2) is 8.62. The topological polar surface area (TPSA) is 49.4 Å². The highest BCUT2D eigenvalue weighted by atomic mass is 35.5. The summed E-state index contributed by atoms with van der Waals surface area (Å²) in [5, 5.41) is 2.73. The molecule has 0 saturated heterocycles. The van der Waals surface area contributed by atoms with Gasteiger partial charge >= 0.3 is 0 Å². The monoisotopic (exact) mass is 362 g/mol. The van der Waals surface area contributed by atoms with E-state index in [0.29, 0.717) is 0 Å². The number of nitrogens with zero attached hydrogens (tertiary/aromatic N) is 1. The van der Waals surface area contributed by atoms with E-state index >= 15 is 0 Å². The Morgan fingerprint density at radius 2 is 1.84 bits per heavy atom. The molecular formula is C19H20ClFN2O2. The van der Waals surface area contributed by atoms with Gasteiger partial charge in [0, 0.05) is 24.2 Å². The van der Waals surface area contributed by atoms with Crippen molar-refractivity contribution in [2.75, 3.05) is 7.05 Å².